The van der Waals surface area contributed by atoms with Crippen molar-refractivity contribution in [2.24, 2.45) is 0 Å². The lowest BCUT2D eigenvalue weighted by atomic mass is 10.0. The number of halogens is 2. The van der Waals surface area contributed by atoms with Crippen molar-refractivity contribution < 1.29 is 22.0 Å². The van der Waals surface area contributed by atoms with Crippen molar-refractivity contribution in [1.29, 1.82) is 0 Å². The van der Waals surface area contributed by atoms with E-state index >= 15 is 0 Å². The highest BCUT2D eigenvalue weighted by molar-refractivity contribution is 7.90. The first kappa shape index (κ1) is 25.2. The van der Waals surface area contributed by atoms with Gasteiger partial charge in [-0.15, -0.1) is 5.10 Å². The highest BCUT2D eigenvalue weighted by atomic mass is 32.2. The first-order chi connectivity index (χ1) is 18.1. The van der Waals surface area contributed by atoms with Crippen molar-refractivity contribution >= 4 is 32.9 Å². The number of sulfone groups is 1. The second-order valence-corrected chi connectivity index (χ2v) is 10.9. The van der Waals surface area contributed by atoms with Gasteiger partial charge < -0.3 is 5.32 Å². The maximum atomic E-state index is 14.4. The number of nitrogens with one attached hydrogen (secondary N) is 1. The zero-order valence-electron chi connectivity index (χ0n) is 20.2. The van der Waals surface area contributed by atoms with Crippen LogP contribution in [-0.4, -0.2) is 35.1 Å². The van der Waals surface area contributed by atoms with Crippen LogP contribution in [0.3, 0.4) is 0 Å². The van der Waals surface area contributed by atoms with Crippen molar-refractivity contribution in [3.63, 3.8) is 0 Å². The largest absolute Gasteiger partial charge is 0.320 e. The molecule has 0 aliphatic heterocycles. The van der Waals surface area contributed by atoms with Gasteiger partial charge >= 0.3 is 0 Å². The van der Waals surface area contributed by atoms with Crippen LogP contribution in [0.4, 0.5) is 20.4 Å². The molecule has 0 radical (unpaired) electrons. The number of pyridine rings is 1. The summed E-state index contributed by atoms with van der Waals surface area (Å²) in [5, 5.41) is 7.13. The number of benzene rings is 3. The van der Waals surface area contributed by atoms with Crippen molar-refractivity contribution in [2.45, 2.75) is 17.7 Å². The van der Waals surface area contributed by atoms with Gasteiger partial charge in [0, 0.05) is 30.9 Å². The quantitative estimate of drug-likeness (QED) is 0.296. The minimum absolute atomic E-state index is 0.0378. The summed E-state index contributed by atoms with van der Waals surface area (Å²) >= 11 is 0. The Balaban J connectivity index is 1.28. The molecule has 0 aliphatic carbocycles. The maximum absolute atomic E-state index is 14.4. The Labute approximate surface area is 217 Å². The summed E-state index contributed by atoms with van der Waals surface area (Å²) in [6, 6.07) is 20.8. The Hall–Kier alpha value is -4.44. The molecule has 0 amide bonds. The molecule has 0 spiro atoms. The second-order valence-electron chi connectivity index (χ2n) is 8.91. The van der Waals surface area contributed by atoms with Crippen LogP contribution in [0.25, 0.3) is 16.8 Å². The van der Waals surface area contributed by atoms with E-state index < -0.39 is 15.7 Å². The number of carbonyl (C=O) groups is 1. The topological polar surface area (TPSA) is 93.4 Å². The Morgan fingerprint density at radius 2 is 1.50 bits per heavy atom. The zero-order valence-corrected chi connectivity index (χ0v) is 21.0. The Bertz CT molecular complexity index is 1750. The number of fused-ring (bicyclic) bond motifs is 1. The molecular formula is C28H22F2N4O3S. The lowest BCUT2D eigenvalue weighted by Gasteiger charge is -2.05. The number of hydrogen-bond donors (Lipinski definition) is 1. The minimum Gasteiger partial charge on any atom is -0.320 e. The van der Waals surface area contributed by atoms with E-state index in [4.69, 9.17) is 0 Å². The molecule has 2 aromatic heterocycles. The van der Waals surface area contributed by atoms with Crippen LogP contribution in [-0.2, 0) is 27.5 Å². The molecule has 1 N–H and O–H groups in total. The first-order valence-corrected chi connectivity index (χ1v) is 13.5. The van der Waals surface area contributed by atoms with E-state index in [1.165, 1.54) is 24.3 Å². The number of ketones is 1. The third-order valence-corrected chi connectivity index (χ3v) is 7.06. The number of Topliss-reactive ketones (excluding diaryl/α,β-unsaturated/α-hetero) is 1. The molecule has 10 heteroatoms. The summed E-state index contributed by atoms with van der Waals surface area (Å²) in [4.78, 5) is 16.6. The molecule has 0 saturated carbocycles. The monoisotopic (exact) mass is 532 g/mol. The van der Waals surface area contributed by atoms with E-state index in [-0.39, 0.29) is 41.0 Å². The highest BCUT2D eigenvalue weighted by Gasteiger charge is 2.13. The van der Waals surface area contributed by atoms with Gasteiger partial charge in [-0.2, -0.15) is 4.98 Å². The molecule has 0 bridgehead atoms. The Morgan fingerprint density at radius 1 is 0.868 bits per heavy atom. The fourth-order valence-corrected chi connectivity index (χ4v) is 4.62. The minimum atomic E-state index is -3.52. The van der Waals surface area contributed by atoms with Gasteiger partial charge in [-0.3, -0.25) is 4.79 Å². The van der Waals surface area contributed by atoms with Gasteiger partial charge in [-0.25, -0.2) is 21.7 Å². The van der Waals surface area contributed by atoms with Crippen molar-refractivity contribution in [2.75, 3.05) is 11.6 Å². The summed E-state index contributed by atoms with van der Waals surface area (Å²) < 4.78 is 52.3. The first-order valence-electron chi connectivity index (χ1n) is 11.6. The van der Waals surface area contributed by atoms with Crippen LogP contribution in [0.15, 0.2) is 90.0 Å². The molecule has 38 heavy (non-hydrogen) atoms. The number of hydrogen-bond acceptors (Lipinski definition) is 6. The maximum Gasteiger partial charge on any atom is 0.247 e. The second kappa shape index (κ2) is 10.1. The molecular weight excluding hydrogens is 510 g/mol. The van der Waals surface area contributed by atoms with Gasteiger partial charge in [0.1, 0.15) is 17.4 Å². The number of rotatable bonds is 8. The fraction of sp³-hybridized carbons (Fsp3) is 0.107. The number of carbonyl (C=O) groups excluding carboxylic acids is 1. The lowest BCUT2D eigenvalue weighted by molar-refractivity contribution is -0.117. The predicted octanol–water partition coefficient (Wildman–Crippen LogP) is 5.18. The van der Waals surface area contributed by atoms with E-state index in [1.54, 1.807) is 28.9 Å². The van der Waals surface area contributed by atoms with E-state index in [2.05, 4.69) is 15.4 Å². The smallest absolute Gasteiger partial charge is 0.247 e. The third kappa shape index (κ3) is 5.76. The van der Waals surface area contributed by atoms with Gasteiger partial charge in [0.25, 0.3) is 0 Å². The van der Waals surface area contributed by atoms with E-state index in [9.17, 15) is 22.0 Å². The molecule has 3 aromatic carbocycles. The highest BCUT2D eigenvalue weighted by Crippen LogP contribution is 2.24. The molecule has 0 fully saturated rings. The average molecular weight is 533 g/mol. The molecule has 0 aliphatic rings. The van der Waals surface area contributed by atoms with Crippen LogP contribution in [0, 0.1) is 11.6 Å². The van der Waals surface area contributed by atoms with Gasteiger partial charge in [-0.05, 0) is 59.2 Å². The van der Waals surface area contributed by atoms with Crippen molar-refractivity contribution in [3.8, 4) is 11.1 Å². The Morgan fingerprint density at radius 3 is 2.13 bits per heavy atom. The van der Waals surface area contributed by atoms with E-state index in [0.717, 1.165) is 34.6 Å². The van der Waals surface area contributed by atoms with Crippen molar-refractivity contribution in [1.82, 2.24) is 14.6 Å². The summed E-state index contributed by atoms with van der Waals surface area (Å²) in [6.07, 6.45) is 3.31. The Kier molecular flexibility index (Phi) is 6.73. The van der Waals surface area contributed by atoms with E-state index in [0.29, 0.717) is 5.65 Å². The van der Waals surface area contributed by atoms with Crippen LogP contribution in [0.1, 0.15) is 11.1 Å². The van der Waals surface area contributed by atoms with Gasteiger partial charge in [0.05, 0.1) is 10.6 Å². The third-order valence-electron chi connectivity index (χ3n) is 5.95. The van der Waals surface area contributed by atoms with E-state index in [1.807, 2.05) is 30.3 Å². The molecule has 5 rings (SSSR count). The normalized spacial score (nSPS) is 11.6. The predicted molar refractivity (Wildman–Crippen MR) is 140 cm³/mol. The molecule has 0 unspecified atom stereocenters. The van der Waals surface area contributed by atoms with Crippen LogP contribution in [0.2, 0.25) is 0 Å². The lowest BCUT2D eigenvalue weighted by Crippen LogP contribution is -2.06. The molecule has 5 aromatic rings. The van der Waals surface area contributed by atoms with Crippen LogP contribution in [0.5, 0.6) is 0 Å². The van der Waals surface area contributed by atoms with Gasteiger partial charge in [0.2, 0.25) is 5.95 Å². The summed E-state index contributed by atoms with van der Waals surface area (Å²) in [7, 11) is -3.52. The molecule has 7 nitrogen and oxygen atoms in total. The number of anilines is 2. The molecule has 2 heterocycles. The molecule has 192 valence electrons. The average Bonchev–Trinajstić information content (AvgIpc) is 3.28. The van der Waals surface area contributed by atoms with Gasteiger partial charge in [0.15, 0.2) is 15.5 Å². The van der Waals surface area contributed by atoms with Crippen molar-refractivity contribution in [3.05, 3.63) is 108 Å². The standard InChI is InChI=1S/C28H22F2N4O3S/c1-38(36,37)24-11-12-26(25(30)16-24)31-28-32-27-13-8-21(17-34(27)33-28)20-6-2-18(3-7-20)14-23(35)15-19-4-9-22(29)10-5-19/h2-13,16-17H,14-15H2,1H3,(H,31,33). The summed E-state index contributed by atoms with van der Waals surface area (Å²) in [6.45, 7) is 0. The SMILES string of the molecule is CS(=O)(=O)c1ccc(Nc2nc3ccc(-c4ccc(CC(=O)Cc5ccc(F)cc5)cc4)cn3n2)c(F)c1. The van der Waals surface area contributed by atoms with Gasteiger partial charge in [-0.1, -0.05) is 36.4 Å². The summed E-state index contributed by atoms with van der Waals surface area (Å²) in [5.41, 5.74) is 4.01. The van der Waals surface area contributed by atoms with Crippen LogP contribution >= 0.6 is 0 Å². The molecule has 0 atom stereocenters. The zero-order chi connectivity index (χ0) is 26.9. The number of aromatic nitrogens is 3. The summed E-state index contributed by atoms with van der Waals surface area (Å²) in [5.74, 6) is -0.869. The number of nitrogens with zero attached hydrogens (tertiary/aromatic N) is 3. The van der Waals surface area contributed by atoms with Crippen LogP contribution < -0.4 is 5.32 Å². The molecule has 0 saturated heterocycles. The fourth-order valence-electron chi connectivity index (χ4n) is 3.99.